The molecule has 0 aromatic heterocycles. The van der Waals surface area contributed by atoms with Gasteiger partial charge in [0.15, 0.2) is 0 Å². The molecule has 3 aromatic carbocycles. The van der Waals surface area contributed by atoms with Crippen molar-refractivity contribution in [3.8, 4) is 0 Å². The molecular formula is C18H16PPd. The number of hydrogen-bond acceptors (Lipinski definition) is 0. The molecule has 3 rings (SSSR count). The predicted molar refractivity (Wildman–Crippen MR) is 86.5 cm³/mol. The van der Waals surface area contributed by atoms with Gasteiger partial charge in [0.05, 0.1) is 0 Å². The average Bonchev–Trinajstić information content (AvgIpc) is 2.51. The maximum atomic E-state index is 3.07. The number of rotatable bonds is 2. The molecule has 0 bridgehead atoms. The van der Waals surface area contributed by atoms with Crippen molar-refractivity contribution in [2.45, 2.75) is 0 Å². The minimum absolute atomic E-state index is 0.777. The Morgan fingerprint density at radius 2 is 0.850 bits per heavy atom. The summed E-state index contributed by atoms with van der Waals surface area (Å²) < 4.78 is 1.17. The fourth-order valence-electron chi connectivity index (χ4n) is 1.61. The third kappa shape index (κ3) is 5.81. The second kappa shape index (κ2) is 8.83. The summed E-state index contributed by atoms with van der Waals surface area (Å²) in [6.45, 7) is 0. The van der Waals surface area contributed by atoms with Crippen LogP contribution in [0.3, 0.4) is 0 Å². The summed E-state index contributed by atoms with van der Waals surface area (Å²) in [5.74, 6) is 0. The molecule has 0 saturated carbocycles. The van der Waals surface area contributed by atoms with Crippen LogP contribution in [0.5, 0.6) is 0 Å². The Kier molecular flexibility index (Phi) is 6.69. The zero-order chi connectivity index (χ0) is 14.0. The van der Waals surface area contributed by atoms with E-state index in [1.807, 2.05) is 30.3 Å². The van der Waals surface area contributed by atoms with E-state index >= 15 is 0 Å². The van der Waals surface area contributed by atoms with Crippen LogP contribution >= 0.6 is 8.58 Å². The quantitative estimate of drug-likeness (QED) is 0.481. The van der Waals surface area contributed by atoms with Crippen molar-refractivity contribution in [3.05, 3.63) is 91.0 Å². The topological polar surface area (TPSA) is 0 Å². The van der Waals surface area contributed by atoms with E-state index in [1.54, 1.807) is 0 Å². The fraction of sp³-hybridized carbons (Fsp3) is 0. The Morgan fingerprint density at radius 3 is 1.15 bits per heavy atom. The first-order chi connectivity index (χ1) is 9.84. The van der Waals surface area contributed by atoms with Crippen LogP contribution in [0.1, 0.15) is 0 Å². The predicted octanol–water partition coefficient (Wildman–Crippen LogP) is 3.17. The van der Waals surface area contributed by atoms with E-state index in [1.165, 1.54) is 14.6 Å². The van der Waals surface area contributed by atoms with Crippen LogP contribution in [0.15, 0.2) is 91.0 Å². The molecule has 0 spiro atoms. The normalized spacial score (nSPS) is 9.50. The number of hydrogen-bond donors (Lipinski definition) is 0. The Morgan fingerprint density at radius 1 is 0.500 bits per heavy atom. The summed E-state index contributed by atoms with van der Waals surface area (Å²) in [5, 5.41) is 2.79. The standard InChI is InChI=1S/C12H11P.C6H5.Pd/c1-3-7-11(8-4-1)13-12-9-5-2-6-10-12;1-2-4-6-5-3-1;/h1-10,13H;1-5H;. The second-order valence-corrected chi connectivity index (χ2v) is 6.42. The van der Waals surface area contributed by atoms with Crippen LogP contribution in [0, 0.1) is 0 Å². The Hall–Kier alpha value is -1.25. The molecule has 0 saturated heterocycles. The van der Waals surface area contributed by atoms with Gasteiger partial charge in [-0.1, -0.05) is 69.2 Å². The van der Waals surface area contributed by atoms with E-state index < -0.39 is 0 Å². The molecule has 103 valence electrons. The fourth-order valence-corrected chi connectivity index (χ4v) is 2.96. The van der Waals surface area contributed by atoms with E-state index in [4.69, 9.17) is 0 Å². The van der Waals surface area contributed by atoms with Gasteiger partial charge in [0.2, 0.25) is 0 Å². The third-order valence-electron chi connectivity index (χ3n) is 2.55. The van der Waals surface area contributed by atoms with Crippen molar-refractivity contribution in [1.29, 1.82) is 0 Å². The van der Waals surface area contributed by atoms with E-state index in [0.717, 1.165) is 8.58 Å². The van der Waals surface area contributed by atoms with Gasteiger partial charge in [0, 0.05) is 0 Å². The SMILES string of the molecule is [Pd][c]1ccccc1.c1ccc(Pc2ccccc2)cc1. The van der Waals surface area contributed by atoms with Crippen molar-refractivity contribution >= 4 is 23.2 Å². The van der Waals surface area contributed by atoms with Gasteiger partial charge < -0.3 is 0 Å². The van der Waals surface area contributed by atoms with Crippen LogP contribution in [-0.2, 0) is 19.2 Å². The maximum absolute atomic E-state index is 3.07. The van der Waals surface area contributed by atoms with Crippen LogP contribution in [-0.4, -0.2) is 0 Å². The molecule has 0 atom stereocenters. The molecule has 20 heavy (non-hydrogen) atoms. The summed E-state index contributed by atoms with van der Waals surface area (Å²) in [6.07, 6.45) is 0. The Bertz CT molecular complexity index is 557. The van der Waals surface area contributed by atoms with E-state index in [2.05, 4.69) is 79.9 Å². The second-order valence-electron chi connectivity index (χ2n) is 4.12. The van der Waals surface area contributed by atoms with Crippen molar-refractivity contribution in [2.75, 3.05) is 0 Å². The Balaban J connectivity index is 0.000000178. The first-order valence-corrected chi connectivity index (χ1v) is 8.17. The molecular weight excluding hydrogens is 354 g/mol. The molecule has 0 heterocycles. The molecule has 3 aromatic rings. The molecule has 0 fully saturated rings. The summed E-state index contributed by atoms with van der Waals surface area (Å²) in [6, 6.07) is 31.2. The van der Waals surface area contributed by atoms with Crippen molar-refractivity contribution < 1.29 is 19.2 Å². The molecule has 0 unspecified atom stereocenters. The molecule has 0 aliphatic heterocycles. The molecule has 0 amide bonds. The minimum atomic E-state index is 0.777. The first-order valence-electron chi connectivity index (χ1n) is 6.39. The first kappa shape index (κ1) is 15.1. The smallest absolute Gasteiger partial charge is 0.0226 e. The van der Waals surface area contributed by atoms with Crippen LogP contribution in [0.2, 0.25) is 0 Å². The van der Waals surface area contributed by atoms with Gasteiger partial charge in [-0.05, 0) is 10.6 Å². The Labute approximate surface area is 133 Å². The van der Waals surface area contributed by atoms with Crippen molar-refractivity contribution in [1.82, 2.24) is 0 Å². The minimum Gasteiger partial charge on any atom is -0.0622 e. The van der Waals surface area contributed by atoms with Crippen LogP contribution < -0.4 is 14.6 Å². The summed E-state index contributed by atoms with van der Waals surface area (Å²) in [4.78, 5) is 0. The summed E-state index contributed by atoms with van der Waals surface area (Å²) >= 11 is 3.07. The molecule has 0 N–H and O–H groups in total. The number of benzene rings is 3. The van der Waals surface area contributed by atoms with Gasteiger partial charge in [-0.3, -0.25) is 0 Å². The zero-order valence-electron chi connectivity index (χ0n) is 11.0. The zero-order valence-corrected chi connectivity index (χ0v) is 13.5. The van der Waals surface area contributed by atoms with Gasteiger partial charge in [-0.2, -0.15) is 0 Å². The molecule has 0 nitrogen and oxygen atoms in total. The molecule has 0 radical (unpaired) electrons. The summed E-state index contributed by atoms with van der Waals surface area (Å²) in [7, 11) is 0.777. The van der Waals surface area contributed by atoms with E-state index in [-0.39, 0.29) is 0 Å². The van der Waals surface area contributed by atoms with Gasteiger partial charge in [-0.25, -0.2) is 0 Å². The maximum Gasteiger partial charge on any atom is -0.0226 e. The van der Waals surface area contributed by atoms with E-state index in [0.29, 0.717) is 0 Å². The van der Waals surface area contributed by atoms with Gasteiger partial charge >= 0.3 is 53.6 Å². The van der Waals surface area contributed by atoms with Gasteiger partial charge in [0.1, 0.15) is 0 Å². The summed E-state index contributed by atoms with van der Waals surface area (Å²) in [5.41, 5.74) is 0. The van der Waals surface area contributed by atoms with Crippen LogP contribution in [0.25, 0.3) is 0 Å². The molecule has 2 heteroatoms. The average molecular weight is 370 g/mol. The molecule has 0 aliphatic rings. The van der Waals surface area contributed by atoms with Gasteiger partial charge in [-0.15, -0.1) is 0 Å². The van der Waals surface area contributed by atoms with Crippen molar-refractivity contribution in [2.24, 2.45) is 0 Å². The van der Waals surface area contributed by atoms with E-state index in [9.17, 15) is 0 Å². The van der Waals surface area contributed by atoms with Crippen LogP contribution in [0.4, 0.5) is 0 Å². The molecule has 0 aliphatic carbocycles. The van der Waals surface area contributed by atoms with Crippen molar-refractivity contribution in [3.63, 3.8) is 0 Å². The van der Waals surface area contributed by atoms with Gasteiger partial charge in [0.25, 0.3) is 0 Å². The monoisotopic (exact) mass is 369 g/mol. The largest absolute Gasteiger partial charge is 0.0622 e. The third-order valence-corrected chi connectivity index (χ3v) is 4.31.